The third-order valence-electron chi connectivity index (χ3n) is 4.14. The van der Waals surface area contributed by atoms with E-state index >= 15 is 0 Å². The molecule has 0 unspecified atom stereocenters. The van der Waals surface area contributed by atoms with Crippen LogP contribution in [-0.2, 0) is 17.8 Å². The lowest BCUT2D eigenvalue weighted by molar-refractivity contribution is 0.0513. The fraction of sp³-hybridized carbons (Fsp3) is 0.300. The quantitative estimate of drug-likeness (QED) is 0.608. The third-order valence-corrected chi connectivity index (χ3v) is 4.14. The van der Waals surface area contributed by atoms with Crippen molar-refractivity contribution in [3.05, 3.63) is 70.8 Å². The maximum atomic E-state index is 13.0. The minimum Gasteiger partial charge on any atom is -0.461 e. The summed E-state index contributed by atoms with van der Waals surface area (Å²) in [5, 5.41) is 2.82. The van der Waals surface area contributed by atoms with E-state index in [4.69, 9.17) is 4.74 Å². The van der Waals surface area contributed by atoms with Gasteiger partial charge in [-0.15, -0.1) is 6.58 Å². The topological polar surface area (TPSA) is 60.3 Å². The standard InChI is InChI=1S/C20H23FN2O3/c1-5-11-23-14(4)17(13(3)18(23)20(25)26-6-2)19(24)22-12-15-7-9-16(21)10-8-15/h5,7-10H,1,6,11-12H2,2-4H3,(H,22,24). The van der Waals surface area contributed by atoms with Crippen molar-refractivity contribution in [1.29, 1.82) is 0 Å². The van der Waals surface area contributed by atoms with Crippen LogP contribution in [0.5, 0.6) is 0 Å². The lowest BCUT2D eigenvalue weighted by atomic mass is 10.1. The SMILES string of the molecule is C=CCn1c(C)c(C(=O)NCc2ccc(F)cc2)c(C)c1C(=O)OCC. The molecule has 1 N–H and O–H groups in total. The van der Waals surface area contributed by atoms with E-state index in [-0.39, 0.29) is 24.9 Å². The van der Waals surface area contributed by atoms with Crippen LogP contribution in [0, 0.1) is 19.7 Å². The number of allylic oxidation sites excluding steroid dienone is 1. The summed E-state index contributed by atoms with van der Waals surface area (Å²) in [4.78, 5) is 25.0. The molecule has 1 aromatic carbocycles. The number of carbonyl (C=O) groups excluding carboxylic acids is 2. The van der Waals surface area contributed by atoms with E-state index in [1.165, 1.54) is 12.1 Å². The summed E-state index contributed by atoms with van der Waals surface area (Å²) in [6.45, 7) is 9.86. The van der Waals surface area contributed by atoms with Crippen molar-refractivity contribution in [3.8, 4) is 0 Å². The van der Waals surface area contributed by atoms with E-state index in [1.807, 2.05) is 0 Å². The normalized spacial score (nSPS) is 10.5. The number of ether oxygens (including phenoxy) is 1. The van der Waals surface area contributed by atoms with Crippen molar-refractivity contribution in [3.63, 3.8) is 0 Å². The van der Waals surface area contributed by atoms with Gasteiger partial charge in [0.1, 0.15) is 11.5 Å². The lowest BCUT2D eigenvalue weighted by Gasteiger charge is -2.09. The van der Waals surface area contributed by atoms with Gasteiger partial charge < -0.3 is 14.6 Å². The predicted octanol–water partition coefficient (Wildman–Crippen LogP) is 3.54. The molecule has 0 radical (unpaired) electrons. The van der Waals surface area contributed by atoms with Gasteiger partial charge in [0.15, 0.2) is 0 Å². The molecule has 26 heavy (non-hydrogen) atoms. The van der Waals surface area contributed by atoms with Crippen molar-refractivity contribution in [2.24, 2.45) is 0 Å². The molecule has 0 saturated carbocycles. The molecule has 0 bridgehead atoms. The minimum absolute atomic E-state index is 0.253. The van der Waals surface area contributed by atoms with Crippen LogP contribution in [0.2, 0.25) is 0 Å². The fourth-order valence-electron chi connectivity index (χ4n) is 2.92. The first-order valence-corrected chi connectivity index (χ1v) is 8.41. The number of esters is 1. The van der Waals surface area contributed by atoms with E-state index < -0.39 is 5.97 Å². The largest absolute Gasteiger partial charge is 0.461 e. The molecule has 1 amide bonds. The number of halogens is 1. The molecular weight excluding hydrogens is 335 g/mol. The van der Waals surface area contributed by atoms with E-state index in [2.05, 4.69) is 11.9 Å². The van der Waals surface area contributed by atoms with Crippen molar-refractivity contribution in [2.45, 2.75) is 33.9 Å². The number of nitrogens with zero attached hydrogens (tertiary/aromatic N) is 1. The highest BCUT2D eigenvalue weighted by Gasteiger charge is 2.26. The molecule has 0 aliphatic heterocycles. The number of hydrogen-bond donors (Lipinski definition) is 1. The van der Waals surface area contributed by atoms with Gasteiger partial charge >= 0.3 is 5.97 Å². The van der Waals surface area contributed by atoms with E-state index in [0.717, 1.165) is 5.56 Å². The summed E-state index contributed by atoms with van der Waals surface area (Å²) < 4.78 is 19.8. The Labute approximate surface area is 152 Å². The first-order valence-electron chi connectivity index (χ1n) is 8.41. The molecule has 2 rings (SSSR count). The molecule has 1 heterocycles. The predicted molar refractivity (Wildman–Crippen MR) is 97.6 cm³/mol. The van der Waals surface area contributed by atoms with Gasteiger partial charge in [-0.1, -0.05) is 18.2 Å². The summed E-state index contributed by atoms with van der Waals surface area (Å²) in [5.74, 6) is -1.09. The smallest absolute Gasteiger partial charge is 0.355 e. The maximum Gasteiger partial charge on any atom is 0.355 e. The fourth-order valence-corrected chi connectivity index (χ4v) is 2.92. The van der Waals surface area contributed by atoms with Crippen molar-refractivity contribution in [1.82, 2.24) is 9.88 Å². The Balaban J connectivity index is 2.30. The molecule has 0 atom stereocenters. The zero-order valence-electron chi connectivity index (χ0n) is 15.3. The molecule has 0 spiro atoms. The van der Waals surface area contributed by atoms with Gasteiger partial charge in [0.25, 0.3) is 5.91 Å². The number of amides is 1. The first-order chi connectivity index (χ1) is 12.4. The van der Waals surface area contributed by atoms with Crippen LogP contribution in [-0.4, -0.2) is 23.1 Å². The van der Waals surface area contributed by atoms with Gasteiger partial charge in [-0.25, -0.2) is 9.18 Å². The van der Waals surface area contributed by atoms with Gasteiger partial charge in [-0.2, -0.15) is 0 Å². The highest BCUT2D eigenvalue weighted by molar-refractivity contribution is 6.01. The number of benzene rings is 1. The molecule has 0 aliphatic rings. The zero-order valence-corrected chi connectivity index (χ0v) is 15.3. The third kappa shape index (κ3) is 4.02. The monoisotopic (exact) mass is 358 g/mol. The minimum atomic E-state index is -0.465. The van der Waals surface area contributed by atoms with Crippen LogP contribution in [0.25, 0.3) is 0 Å². The summed E-state index contributed by atoms with van der Waals surface area (Å²) in [6, 6.07) is 5.92. The average Bonchev–Trinajstić information content (AvgIpc) is 2.85. The number of carbonyl (C=O) groups is 2. The van der Waals surface area contributed by atoms with Gasteiger partial charge in [0.05, 0.1) is 12.2 Å². The molecule has 0 fully saturated rings. The van der Waals surface area contributed by atoms with E-state index in [1.54, 1.807) is 43.5 Å². The van der Waals surface area contributed by atoms with Crippen LogP contribution < -0.4 is 5.32 Å². The molecular formula is C20H23FN2O3. The Morgan fingerprint density at radius 2 is 1.92 bits per heavy atom. The second-order valence-corrected chi connectivity index (χ2v) is 5.86. The summed E-state index contributed by atoms with van der Waals surface area (Å²) >= 11 is 0. The number of nitrogens with one attached hydrogen (secondary N) is 1. The summed E-state index contributed by atoms with van der Waals surface area (Å²) in [6.07, 6.45) is 1.66. The number of rotatable bonds is 7. The molecule has 0 aliphatic carbocycles. The van der Waals surface area contributed by atoms with Crippen LogP contribution in [0.3, 0.4) is 0 Å². The van der Waals surface area contributed by atoms with Crippen LogP contribution >= 0.6 is 0 Å². The van der Waals surface area contributed by atoms with Crippen LogP contribution in [0.15, 0.2) is 36.9 Å². The molecule has 138 valence electrons. The second-order valence-electron chi connectivity index (χ2n) is 5.86. The molecule has 6 heteroatoms. The van der Waals surface area contributed by atoms with Crippen LogP contribution in [0.4, 0.5) is 4.39 Å². The molecule has 1 aromatic heterocycles. The van der Waals surface area contributed by atoms with Gasteiger partial charge in [-0.05, 0) is 44.0 Å². The highest BCUT2D eigenvalue weighted by atomic mass is 19.1. The Morgan fingerprint density at radius 3 is 2.50 bits per heavy atom. The highest BCUT2D eigenvalue weighted by Crippen LogP contribution is 2.23. The van der Waals surface area contributed by atoms with Gasteiger partial charge in [0, 0.05) is 18.8 Å². The van der Waals surface area contributed by atoms with Gasteiger partial charge in [-0.3, -0.25) is 4.79 Å². The van der Waals surface area contributed by atoms with Crippen LogP contribution in [0.1, 0.15) is 44.6 Å². The number of hydrogen-bond acceptors (Lipinski definition) is 3. The first kappa shape index (κ1) is 19.4. The van der Waals surface area contributed by atoms with Crippen molar-refractivity contribution in [2.75, 3.05) is 6.61 Å². The molecule has 0 saturated heterocycles. The Morgan fingerprint density at radius 1 is 1.27 bits per heavy atom. The zero-order chi connectivity index (χ0) is 19.3. The molecule has 5 nitrogen and oxygen atoms in total. The van der Waals surface area contributed by atoms with Gasteiger partial charge in [0.2, 0.25) is 0 Å². The number of aromatic nitrogens is 1. The van der Waals surface area contributed by atoms with Crippen molar-refractivity contribution < 1.29 is 18.7 Å². The Kier molecular flexibility index (Phi) is 6.33. The Hall–Kier alpha value is -2.89. The summed E-state index contributed by atoms with van der Waals surface area (Å²) in [5.41, 5.74) is 2.82. The second kappa shape index (κ2) is 8.47. The Bertz CT molecular complexity index is 823. The van der Waals surface area contributed by atoms with E-state index in [9.17, 15) is 14.0 Å². The summed E-state index contributed by atoms with van der Waals surface area (Å²) in [7, 11) is 0. The lowest BCUT2D eigenvalue weighted by Crippen LogP contribution is -2.24. The maximum absolute atomic E-state index is 13.0. The average molecular weight is 358 g/mol. The molecule has 2 aromatic rings. The van der Waals surface area contributed by atoms with Crippen molar-refractivity contribution >= 4 is 11.9 Å². The van der Waals surface area contributed by atoms with E-state index in [0.29, 0.717) is 29.1 Å².